The van der Waals surface area contributed by atoms with Crippen LogP contribution in [0.15, 0.2) is 6.07 Å². The third kappa shape index (κ3) is 4.65. The second kappa shape index (κ2) is 7.64. The van der Waals surface area contributed by atoms with Crippen molar-refractivity contribution in [3.8, 4) is 0 Å². The molecule has 112 valence electrons. The Balaban J connectivity index is 3.09. The molecule has 1 aromatic rings. The zero-order valence-electron chi connectivity index (χ0n) is 12.4. The van der Waals surface area contributed by atoms with E-state index >= 15 is 0 Å². The van der Waals surface area contributed by atoms with Gasteiger partial charge in [-0.2, -0.15) is 0 Å². The van der Waals surface area contributed by atoms with Gasteiger partial charge in [-0.3, -0.25) is 4.79 Å². The lowest BCUT2D eigenvalue weighted by molar-refractivity contribution is -0.116. The average molecular weight is 280 g/mol. The molecule has 1 aromatic heterocycles. The van der Waals surface area contributed by atoms with Gasteiger partial charge in [0.25, 0.3) is 0 Å². The molecule has 0 aliphatic carbocycles. The lowest BCUT2D eigenvalue weighted by Crippen LogP contribution is -2.35. The molecule has 0 spiro atoms. The number of aromatic nitrogens is 2. The lowest BCUT2D eigenvalue weighted by Gasteiger charge is -2.23. The SMILES string of the molecule is CCCCN(CC(N)=O)c1cc(NN)nc(C(C)C)n1. The van der Waals surface area contributed by atoms with Gasteiger partial charge in [-0.05, 0) is 6.42 Å². The predicted molar refractivity (Wildman–Crippen MR) is 80.2 cm³/mol. The highest BCUT2D eigenvalue weighted by atomic mass is 16.1. The highest BCUT2D eigenvalue weighted by molar-refractivity contribution is 5.79. The summed E-state index contributed by atoms with van der Waals surface area (Å²) in [5.74, 6) is 7.11. The monoisotopic (exact) mass is 280 g/mol. The molecule has 1 rings (SSSR count). The van der Waals surface area contributed by atoms with Gasteiger partial charge in [-0.1, -0.05) is 27.2 Å². The largest absolute Gasteiger partial charge is 0.368 e. The first kappa shape index (κ1) is 16.2. The number of amides is 1. The summed E-state index contributed by atoms with van der Waals surface area (Å²) in [6, 6.07) is 1.73. The molecule has 0 saturated carbocycles. The number of unbranched alkanes of at least 4 members (excludes halogenated alkanes) is 1. The molecule has 0 radical (unpaired) electrons. The number of nitrogens with zero attached hydrogens (tertiary/aromatic N) is 3. The first-order valence-electron chi connectivity index (χ1n) is 6.86. The Labute approximate surface area is 119 Å². The van der Waals surface area contributed by atoms with Crippen LogP contribution in [0.4, 0.5) is 11.6 Å². The van der Waals surface area contributed by atoms with Crippen LogP contribution >= 0.6 is 0 Å². The zero-order chi connectivity index (χ0) is 15.1. The van der Waals surface area contributed by atoms with Crippen molar-refractivity contribution in [2.24, 2.45) is 11.6 Å². The smallest absolute Gasteiger partial charge is 0.236 e. The van der Waals surface area contributed by atoms with E-state index in [1.807, 2.05) is 18.7 Å². The molecule has 5 N–H and O–H groups in total. The van der Waals surface area contributed by atoms with E-state index in [-0.39, 0.29) is 18.4 Å². The molecule has 0 aliphatic rings. The van der Waals surface area contributed by atoms with Gasteiger partial charge in [0.15, 0.2) is 0 Å². The molecule has 7 nitrogen and oxygen atoms in total. The van der Waals surface area contributed by atoms with Gasteiger partial charge in [0.1, 0.15) is 17.5 Å². The molecule has 0 atom stereocenters. The van der Waals surface area contributed by atoms with E-state index in [0.29, 0.717) is 17.5 Å². The number of rotatable bonds is 8. The number of carbonyl (C=O) groups excluding carboxylic acids is 1. The molecular formula is C13H24N6O. The van der Waals surface area contributed by atoms with E-state index in [0.717, 1.165) is 19.4 Å². The number of primary amides is 1. The van der Waals surface area contributed by atoms with Crippen LogP contribution in [0.3, 0.4) is 0 Å². The van der Waals surface area contributed by atoms with Crippen LogP contribution in [0.5, 0.6) is 0 Å². The second-order valence-corrected chi connectivity index (χ2v) is 5.01. The predicted octanol–water partition coefficient (Wildman–Crippen LogP) is 0.977. The van der Waals surface area contributed by atoms with Crippen LogP contribution in [0.1, 0.15) is 45.4 Å². The quantitative estimate of drug-likeness (QED) is 0.483. The van der Waals surface area contributed by atoms with Crippen molar-refractivity contribution < 1.29 is 4.79 Å². The van der Waals surface area contributed by atoms with Gasteiger partial charge in [-0.25, -0.2) is 15.8 Å². The average Bonchev–Trinajstić information content (AvgIpc) is 2.42. The summed E-state index contributed by atoms with van der Waals surface area (Å²) < 4.78 is 0. The van der Waals surface area contributed by atoms with E-state index in [1.54, 1.807) is 6.07 Å². The van der Waals surface area contributed by atoms with Gasteiger partial charge in [0, 0.05) is 18.5 Å². The zero-order valence-corrected chi connectivity index (χ0v) is 12.4. The summed E-state index contributed by atoms with van der Waals surface area (Å²) in [6.07, 6.45) is 1.99. The van der Waals surface area contributed by atoms with E-state index < -0.39 is 0 Å². The molecule has 0 aromatic carbocycles. The number of hydrogen-bond donors (Lipinski definition) is 3. The van der Waals surface area contributed by atoms with E-state index in [2.05, 4.69) is 22.3 Å². The van der Waals surface area contributed by atoms with Gasteiger partial charge in [-0.15, -0.1) is 0 Å². The summed E-state index contributed by atoms with van der Waals surface area (Å²) in [5, 5.41) is 0. The third-order valence-corrected chi connectivity index (χ3v) is 2.85. The van der Waals surface area contributed by atoms with Crippen LogP contribution in [0, 0.1) is 0 Å². The normalized spacial score (nSPS) is 10.7. The summed E-state index contributed by atoms with van der Waals surface area (Å²) in [7, 11) is 0. The fourth-order valence-corrected chi connectivity index (χ4v) is 1.76. The van der Waals surface area contributed by atoms with Crippen LogP contribution in [0.25, 0.3) is 0 Å². The first-order valence-corrected chi connectivity index (χ1v) is 6.86. The van der Waals surface area contributed by atoms with Gasteiger partial charge >= 0.3 is 0 Å². The molecule has 7 heteroatoms. The fourth-order valence-electron chi connectivity index (χ4n) is 1.76. The van der Waals surface area contributed by atoms with Crippen LogP contribution in [0.2, 0.25) is 0 Å². The number of nitrogen functional groups attached to an aromatic ring is 1. The van der Waals surface area contributed by atoms with Crippen molar-refractivity contribution in [3.05, 3.63) is 11.9 Å². The minimum atomic E-state index is -0.381. The molecule has 0 aliphatic heterocycles. The third-order valence-electron chi connectivity index (χ3n) is 2.85. The number of carbonyl (C=O) groups is 1. The Bertz CT molecular complexity index is 448. The highest BCUT2D eigenvalue weighted by Gasteiger charge is 2.14. The maximum atomic E-state index is 11.2. The van der Waals surface area contributed by atoms with Crippen molar-refractivity contribution >= 4 is 17.5 Å². The molecular weight excluding hydrogens is 256 g/mol. The van der Waals surface area contributed by atoms with Crippen molar-refractivity contribution in [1.29, 1.82) is 0 Å². The second-order valence-electron chi connectivity index (χ2n) is 5.01. The molecule has 0 saturated heterocycles. The Morgan fingerprint density at radius 2 is 2.15 bits per heavy atom. The standard InChI is InChI=1S/C13H24N6O/c1-4-5-6-19(8-10(14)20)12-7-11(18-15)16-13(17-12)9(2)3/h7,9H,4-6,8,15H2,1-3H3,(H2,14,20)(H,16,17,18). The summed E-state index contributed by atoms with van der Waals surface area (Å²) >= 11 is 0. The summed E-state index contributed by atoms with van der Waals surface area (Å²) in [5.41, 5.74) is 7.84. The Hall–Kier alpha value is -1.89. The van der Waals surface area contributed by atoms with E-state index in [4.69, 9.17) is 11.6 Å². The lowest BCUT2D eigenvalue weighted by atomic mass is 10.2. The van der Waals surface area contributed by atoms with Crippen molar-refractivity contribution in [3.63, 3.8) is 0 Å². The number of nitrogens with two attached hydrogens (primary N) is 2. The minimum Gasteiger partial charge on any atom is -0.368 e. The highest BCUT2D eigenvalue weighted by Crippen LogP contribution is 2.19. The minimum absolute atomic E-state index is 0.137. The number of anilines is 2. The molecule has 0 unspecified atom stereocenters. The first-order chi connectivity index (χ1) is 9.47. The Kier molecular flexibility index (Phi) is 6.17. The van der Waals surface area contributed by atoms with Crippen molar-refractivity contribution in [1.82, 2.24) is 9.97 Å². The van der Waals surface area contributed by atoms with E-state index in [9.17, 15) is 4.79 Å². The van der Waals surface area contributed by atoms with E-state index in [1.165, 1.54) is 0 Å². The van der Waals surface area contributed by atoms with Crippen molar-refractivity contribution in [2.45, 2.75) is 39.5 Å². The Morgan fingerprint density at radius 3 is 2.65 bits per heavy atom. The summed E-state index contributed by atoms with van der Waals surface area (Å²) in [6.45, 7) is 6.96. The fraction of sp³-hybridized carbons (Fsp3) is 0.615. The molecule has 20 heavy (non-hydrogen) atoms. The number of hydrogen-bond acceptors (Lipinski definition) is 6. The summed E-state index contributed by atoms with van der Waals surface area (Å²) in [4.78, 5) is 21.9. The topological polar surface area (TPSA) is 110 Å². The Morgan fingerprint density at radius 1 is 1.45 bits per heavy atom. The molecule has 1 amide bonds. The van der Waals surface area contributed by atoms with Crippen LogP contribution in [-0.4, -0.2) is 29.0 Å². The maximum Gasteiger partial charge on any atom is 0.236 e. The van der Waals surface area contributed by atoms with Gasteiger partial charge < -0.3 is 16.1 Å². The molecule has 0 bridgehead atoms. The maximum absolute atomic E-state index is 11.2. The number of hydrazine groups is 1. The molecule has 1 heterocycles. The van der Waals surface area contributed by atoms with Gasteiger partial charge in [0.2, 0.25) is 5.91 Å². The number of nitrogens with one attached hydrogen (secondary N) is 1. The van der Waals surface area contributed by atoms with Crippen LogP contribution in [-0.2, 0) is 4.79 Å². The molecule has 0 fully saturated rings. The van der Waals surface area contributed by atoms with Crippen LogP contribution < -0.4 is 21.9 Å². The van der Waals surface area contributed by atoms with Gasteiger partial charge in [0.05, 0.1) is 6.54 Å². The van der Waals surface area contributed by atoms with Crippen molar-refractivity contribution in [2.75, 3.05) is 23.4 Å².